The maximum Gasteiger partial charge on any atom is 0.339 e. The Labute approximate surface area is 189 Å². The van der Waals surface area contributed by atoms with Crippen LogP contribution in [0.4, 0.5) is 4.79 Å². The van der Waals surface area contributed by atoms with Crippen LogP contribution in [0.5, 0.6) is 0 Å². The number of imide groups is 1. The minimum absolute atomic E-state index is 0.00813. The molecule has 0 bridgehead atoms. The first-order chi connectivity index (χ1) is 15.4. The van der Waals surface area contributed by atoms with Crippen molar-refractivity contribution in [3.8, 4) is 0 Å². The second-order valence-corrected chi connectivity index (χ2v) is 7.11. The molecule has 8 heteroatoms. The highest BCUT2D eigenvalue weighted by atomic mass is 35.5. The van der Waals surface area contributed by atoms with Crippen molar-refractivity contribution in [3.63, 3.8) is 0 Å². The third kappa shape index (κ3) is 6.26. The zero-order chi connectivity index (χ0) is 22.9. The standard InChI is InChI=1S/C24H19ClN2O5/c25-18-12-10-17(11-13-18)22(29)19-8-4-5-9-20(19)23(30)32-15-21(28)27-24(31)26-14-16-6-2-1-3-7-16/h1-13H,14-15H2,(H2,26,27,28,31). The van der Waals surface area contributed by atoms with E-state index in [1.165, 1.54) is 12.1 Å². The van der Waals surface area contributed by atoms with Crippen LogP contribution in [-0.2, 0) is 16.1 Å². The van der Waals surface area contributed by atoms with Gasteiger partial charge in [0.25, 0.3) is 5.91 Å². The zero-order valence-electron chi connectivity index (χ0n) is 16.8. The van der Waals surface area contributed by atoms with Crippen molar-refractivity contribution in [3.05, 3.63) is 106 Å². The average Bonchev–Trinajstić information content (AvgIpc) is 2.82. The second kappa shape index (κ2) is 10.9. The van der Waals surface area contributed by atoms with E-state index in [1.54, 1.807) is 36.4 Å². The van der Waals surface area contributed by atoms with Crippen LogP contribution < -0.4 is 10.6 Å². The lowest BCUT2D eigenvalue weighted by Crippen LogP contribution is -2.41. The van der Waals surface area contributed by atoms with Crippen molar-refractivity contribution in [2.45, 2.75) is 6.54 Å². The molecule has 3 amide bonds. The van der Waals surface area contributed by atoms with E-state index in [0.29, 0.717) is 10.6 Å². The van der Waals surface area contributed by atoms with Gasteiger partial charge in [-0.2, -0.15) is 0 Å². The number of halogens is 1. The Hall–Kier alpha value is -3.97. The highest BCUT2D eigenvalue weighted by Gasteiger charge is 2.20. The number of carbonyl (C=O) groups excluding carboxylic acids is 4. The molecule has 0 saturated carbocycles. The monoisotopic (exact) mass is 450 g/mol. The first kappa shape index (κ1) is 22.7. The predicted octanol–water partition coefficient (Wildman–Crippen LogP) is 3.75. The minimum Gasteiger partial charge on any atom is -0.452 e. The number of hydrogen-bond acceptors (Lipinski definition) is 5. The maximum atomic E-state index is 12.8. The van der Waals surface area contributed by atoms with E-state index in [4.69, 9.17) is 16.3 Å². The van der Waals surface area contributed by atoms with Gasteiger partial charge in [0.1, 0.15) is 0 Å². The molecule has 7 nitrogen and oxygen atoms in total. The number of nitrogens with one attached hydrogen (secondary N) is 2. The zero-order valence-corrected chi connectivity index (χ0v) is 17.6. The number of rotatable bonds is 7. The van der Waals surface area contributed by atoms with Crippen LogP contribution in [0, 0.1) is 0 Å². The van der Waals surface area contributed by atoms with E-state index in [9.17, 15) is 19.2 Å². The highest BCUT2D eigenvalue weighted by Crippen LogP contribution is 2.17. The summed E-state index contributed by atoms with van der Waals surface area (Å²) in [6.07, 6.45) is 0. The van der Waals surface area contributed by atoms with Crippen LogP contribution in [0.1, 0.15) is 31.8 Å². The fraction of sp³-hybridized carbons (Fsp3) is 0.0833. The van der Waals surface area contributed by atoms with E-state index in [1.807, 2.05) is 30.3 Å². The lowest BCUT2D eigenvalue weighted by molar-refractivity contribution is -0.123. The first-order valence-electron chi connectivity index (χ1n) is 9.62. The molecule has 32 heavy (non-hydrogen) atoms. The molecule has 0 radical (unpaired) electrons. The van der Waals surface area contributed by atoms with Crippen LogP contribution >= 0.6 is 11.6 Å². The van der Waals surface area contributed by atoms with Crippen LogP contribution in [0.2, 0.25) is 5.02 Å². The molecule has 0 fully saturated rings. The molecule has 0 atom stereocenters. The fourth-order valence-corrected chi connectivity index (χ4v) is 2.94. The van der Waals surface area contributed by atoms with Gasteiger partial charge in [0.15, 0.2) is 12.4 Å². The molecule has 0 aliphatic carbocycles. The van der Waals surface area contributed by atoms with E-state index >= 15 is 0 Å². The van der Waals surface area contributed by atoms with Crippen LogP contribution in [0.3, 0.4) is 0 Å². The number of amides is 3. The average molecular weight is 451 g/mol. The van der Waals surface area contributed by atoms with Crippen molar-refractivity contribution in [2.24, 2.45) is 0 Å². The lowest BCUT2D eigenvalue weighted by atomic mass is 9.98. The van der Waals surface area contributed by atoms with Gasteiger partial charge in [-0.05, 0) is 35.9 Å². The molecule has 2 N–H and O–H groups in total. The molecule has 0 spiro atoms. The molecule has 3 aromatic rings. The molecule has 0 saturated heterocycles. The summed E-state index contributed by atoms with van der Waals surface area (Å²) in [7, 11) is 0. The number of ether oxygens (including phenoxy) is 1. The molecule has 0 heterocycles. The SMILES string of the molecule is O=C(COC(=O)c1ccccc1C(=O)c1ccc(Cl)cc1)NC(=O)NCc1ccccc1. The van der Waals surface area contributed by atoms with Gasteiger partial charge in [-0.3, -0.25) is 14.9 Å². The Morgan fingerprint density at radius 1 is 0.781 bits per heavy atom. The van der Waals surface area contributed by atoms with E-state index in [-0.39, 0.29) is 23.5 Å². The number of carbonyl (C=O) groups is 4. The first-order valence-corrected chi connectivity index (χ1v) is 10.00. The minimum atomic E-state index is -0.859. The highest BCUT2D eigenvalue weighted by molar-refractivity contribution is 6.30. The second-order valence-electron chi connectivity index (χ2n) is 6.67. The van der Waals surface area contributed by atoms with Crippen molar-refractivity contribution >= 4 is 35.3 Å². The largest absolute Gasteiger partial charge is 0.452 e. The Kier molecular flexibility index (Phi) is 7.72. The van der Waals surface area contributed by atoms with E-state index < -0.39 is 24.5 Å². The molecule has 0 aliphatic rings. The fourth-order valence-electron chi connectivity index (χ4n) is 2.81. The molecule has 0 aromatic heterocycles. The molecular formula is C24H19ClN2O5. The Balaban J connectivity index is 1.55. The van der Waals surface area contributed by atoms with Gasteiger partial charge in [0.2, 0.25) is 0 Å². The van der Waals surface area contributed by atoms with Crippen LogP contribution in [0.25, 0.3) is 0 Å². The summed E-state index contributed by atoms with van der Waals surface area (Å²) in [6.45, 7) is -0.443. The van der Waals surface area contributed by atoms with Crippen molar-refractivity contribution in [1.29, 1.82) is 0 Å². The number of hydrogen-bond donors (Lipinski definition) is 2. The lowest BCUT2D eigenvalue weighted by Gasteiger charge is -2.10. The quantitative estimate of drug-likeness (QED) is 0.421. The topological polar surface area (TPSA) is 102 Å². The van der Waals surface area contributed by atoms with E-state index in [0.717, 1.165) is 5.56 Å². The number of urea groups is 1. The summed E-state index contributed by atoms with van der Waals surface area (Å²) in [5, 5.41) is 5.09. The smallest absolute Gasteiger partial charge is 0.339 e. The normalized spacial score (nSPS) is 10.2. The van der Waals surface area contributed by atoms with E-state index in [2.05, 4.69) is 10.6 Å². The summed E-state index contributed by atoms with van der Waals surface area (Å²) in [4.78, 5) is 49.0. The van der Waals surface area contributed by atoms with Crippen molar-refractivity contribution < 1.29 is 23.9 Å². The van der Waals surface area contributed by atoms with Crippen molar-refractivity contribution in [1.82, 2.24) is 10.6 Å². The summed E-state index contributed by atoms with van der Waals surface area (Å²) >= 11 is 5.85. The predicted molar refractivity (Wildman–Crippen MR) is 118 cm³/mol. The molecule has 3 aromatic carbocycles. The summed E-state index contributed by atoms with van der Waals surface area (Å²) in [5.41, 5.74) is 1.35. The van der Waals surface area contributed by atoms with Gasteiger partial charge in [-0.25, -0.2) is 9.59 Å². The van der Waals surface area contributed by atoms with Gasteiger partial charge in [-0.1, -0.05) is 60.1 Å². The number of benzene rings is 3. The molecule has 0 unspecified atom stereocenters. The van der Waals surface area contributed by atoms with Gasteiger partial charge >= 0.3 is 12.0 Å². The molecule has 162 valence electrons. The Morgan fingerprint density at radius 3 is 2.09 bits per heavy atom. The molecule has 3 rings (SSSR count). The van der Waals surface area contributed by atoms with Crippen molar-refractivity contribution in [2.75, 3.05) is 6.61 Å². The maximum absolute atomic E-state index is 12.8. The third-order valence-electron chi connectivity index (χ3n) is 4.38. The number of esters is 1. The van der Waals surface area contributed by atoms with Gasteiger partial charge in [0.05, 0.1) is 5.56 Å². The van der Waals surface area contributed by atoms with Gasteiger partial charge in [0, 0.05) is 22.7 Å². The molecule has 0 aliphatic heterocycles. The van der Waals surface area contributed by atoms with Gasteiger partial charge in [-0.15, -0.1) is 0 Å². The summed E-state index contributed by atoms with van der Waals surface area (Å²) in [5.74, 6) is -2.05. The Bertz CT molecular complexity index is 1130. The summed E-state index contributed by atoms with van der Waals surface area (Å²) in [6, 6.07) is 20.8. The van der Waals surface area contributed by atoms with Crippen LogP contribution in [0.15, 0.2) is 78.9 Å². The Morgan fingerprint density at radius 2 is 1.41 bits per heavy atom. The molecular weight excluding hydrogens is 432 g/mol. The third-order valence-corrected chi connectivity index (χ3v) is 4.63. The van der Waals surface area contributed by atoms with Crippen LogP contribution in [-0.4, -0.2) is 30.3 Å². The summed E-state index contributed by atoms with van der Waals surface area (Å²) < 4.78 is 5.00. The van der Waals surface area contributed by atoms with Gasteiger partial charge < -0.3 is 10.1 Å². The number of ketones is 1.